The molecule has 1 atom stereocenters. The Balaban J connectivity index is 1.85. The van der Waals surface area contributed by atoms with Crippen LogP contribution in [0.2, 0.25) is 0 Å². The summed E-state index contributed by atoms with van der Waals surface area (Å²) in [7, 11) is 0. The van der Waals surface area contributed by atoms with Crippen molar-refractivity contribution in [3.63, 3.8) is 0 Å². The zero-order valence-corrected chi connectivity index (χ0v) is 15.4. The lowest BCUT2D eigenvalue weighted by molar-refractivity contribution is -0.158. The van der Waals surface area contributed by atoms with Gasteiger partial charge in [-0.25, -0.2) is 4.79 Å². The molecule has 142 valence electrons. The molecule has 1 heterocycles. The van der Waals surface area contributed by atoms with Crippen LogP contribution in [-0.2, 0) is 25.5 Å². The minimum atomic E-state index is -1.15. The van der Waals surface area contributed by atoms with Gasteiger partial charge in [-0.1, -0.05) is 44.2 Å². The van der Waals surface area contributed by atoms with Crippen LogP contribution in [0.25, 0.3) is 0 Å². The maximum absolute atomic E-state index is 12.4. The number of nitrogens with zero attached hydrogens (tertiary/aromatic N) is 1. The van der Waals surface area contributed by atoms with Crippen LogP contribution in [0.5, 0.6) is 0 Å². The minimum Gasteiger partial charge on any atom is -0.464 e. The Kier molecular flexibility index (Phi) is 6.91. The number of ketones is 1. The molecule has 1 fully saturated rings. The van der Waals surface area contributed by atoms with E-state index in [0.717, 1.165) is 6.42 Å². The normalized spacial score (nSPS) is 17.2. The quantitative estimate of drug-likeness (QED) is 0.433. The van der Waals surface area contributed by atoms with E-state index in [1.54, 1.807) is 0 Å². The summed E-state index contributed by atoms with van der Waals surface area (Å²) in [4.78, 5) is 38.3. The Labute approximate surface area is 154 Å². The smallest absolute Gasteiger partial charge is 0.328 e. The van der Waals surface area contributed by atoms with E-state index in [2.05, 4.69) is 0 Å². The van der Waals surface area contributed by atoms with Crippen molar-refractivity contribution < 1.29 is 24.2 Å². The molecule has 0 spiro atoms. The van der Waals surface area contributed by atoms with Gasteiger partial charge < -0.3 is 14.7 Å². The number of hydrogen-bond acceptors (Lipinski definition) is 5. The second kappa shape index (κ2) is 8.94. The largest absolute Gasteiger partial charge is 0.464 e. The third-order valence-corrected chi connectivity index (χ3v) is 4.69. The SMILES string of the molecule is CC(C)(CO)C(=O)C(=O)N1CCC[C@H]1C(=O)OCCCc1ccccc1. The van der Waals surface area contributed by atoms with Gasteiger partial charge in [-0.3, -0.25) is 9.59 Å². The predicted octanol–water partition coefficient (Wildman–Crippen LogP) is 1.74. The van der Waals surface area contributed by atoms with Gasteiger partial charge >= 0.3 is 5.97 Å². The van der Waals surface area contributed by atoms with Gasteiger partial charge in [0.25, 0.3) is 5.91 Å². The van der Waals surface area contributed by atoms with Gasteiger partial charge in [0.2, 0.25) is 5.78 Å². The van der Waals surface area contributed by atoms with E-state index in [4.69, 9.17) is 4.74 Å². The van der Waals surface area contributed by atoms with E-state index >= 15 is 0 Å². The summed E-state index contributed by atoms with van der Waals surface area (Å²) >= 11 is 0. The Morgan fingerprint density at radius 3 is 2.58 bits per heavy atom. The summed E-state index contributed by atoms with van der Waals surface area (Å²) in [6.07, 6.45) is 2.66. The van der Waals surface area contributed by atoms with Crippen molar-refractivity contribution in [1.29, 1.82) is 0 Å². The first-order chi connectivity index (χ1) is 12.4. The number of aliphatic hydroxyl groups is 1. The van der Waals surface area contributed by atoms with Crippen LogP contribution < -0.4 is 0 Å². The molecule has 0 aliphatic carbocycles. The molecule has 1 aromatic rings. The molecule has 6 heteroatoms. The summed E-state index contributed by atoms with van der Waals surface area (Å²) < 4.78 is 5.33. The lowest BCUT2D eigenvalue weighted by Gasteiger charge is -2.26. The number of amides is 1. The third-order valence-electron chi connectivity index (χ3n) is 4.69. The predicted molar refractivity (Wildman–Crippen MR) is 96.3 cm³/mol. The number of aryl methyl sites for hydroxylation is 1. The molecule has 0 unspecified atom stereocenters. The highest BCUT2D eigenvalue weighted by atomic mass is 16.5. The van der Waals surface area contributed by atoms with Crippen molar-refractivity contribution in [3.05, 3.63) is 35.9 Å². The van der Waals surface area contributed by atoms with Crippen LogP contribution in [0.4, 0.5) is 0 Å². The molecular weight excluding hydrogens is 334 g/mol. The van der Waals surface area contributed by atoms with Crippen molar-refractivity contribution in [1.82, 2.24) is 4.90 Å². The van der Waals surface area contributed by atoms with Crippen LogP contribution >= 0.6 is 0 Å². The van der Waals surface area contributed by atoms with E-state index in [0.29, 0.717) is 25.8 Å². The van der Waals surface area contributed by atoms with Gasteiger partial charge in [0, 0.05) is 6.54 Å². The van der Waals surface area contributed by atoms with Gasteiger partial charge in [-0.15, -0.1) is 0 Å². The number of esters is 1. The Morgan fingerprint density at radius 1 is 1.23 bits per heavy atom. The molecule has 1 saturated heterocycles. The number of rotatable bonds is 8. The van der Waals surface area contributed by atoms with Crippen molar-refractivity contribution in [2.24, 2.45) is 5.41 Å². The monoisotopic (exact) mass is 361 g/mol. The highest BCUT2D eigenvalue weighted by Crippen LogP contribution is 2.23. The fourth-order valence-electron chi connectivity index (χ4n) is 2.94. The molecule has 2 rings (SSSR count). The average molecular weight is 361 g/mol. The number of carbonyl (C=O) groups is 3. The molecule has 0 bridgehead atoms. The summed E-state index contributed by atoms with van der Waals surface area (Å²) in [5.41, 5.74) is 0.0298. The standard InChI is InChI=1S/C20H27NO5/c1-20(2,14-22)17(23)18(24)21-12-6-11-16(21)19(25)26-13-7-10-15-8-4-3-5-9-15/h3-5,8-9,16,22H,6-7,10-14H2,1-2H3/t16-/m0/s1. The minimum absolute atomic E-state index is 0.280. The first-order valence-corrected chi connectivity index (χ1v) is 9.03. The second-order valence-electron chi connectivity index (χ2n) is 7.28. The summed E-state index contributed by atoms with van der Waals surface area (Å²) in [6, 6.07) is 9.22. The lowest BCUT2D eigenvalue weighted by Crippen LogP contribution is -2.48. The molecule has 0 radical (unpaired) electrons. The summed E-state index contributed by atoms with van der Waals surface area (Å²) in [5.74, 6) is -1.85. The molecule has 6 nitrogen and oxygen atoms in total. The Morgan fingerprint density at radius 2 is 1.92 bits per heavy atom. The van der Waals surface area contributed by atoms with Gasteiger partial charge in [0.15, 0.2) is 0 Å². The molecule has 1 aliphatic heterocycles. The number of carbonyl (C=O) groups excluding carboxylic acids is 3. The first-order valence-electron chi connectivity index (χ1n) is 9.03. The first kappa shape index (κ1) is 20.1. The van der Waals surface area contributed by atoms with Crippen LogP contribution in [0.3, 0.4) is 0 Å². The molecule has 1 aromatic carbocycles. The van der Waals surface area contributed by atoms with Crippen molar-refractivity contribution >= 4 is 17.7 Å². The lowest BCUT2D eigenvalue weighted by atomic mass is 9.88. The van der Waals surface area contributed by atoms with Crippen LogP contribution in [-0.4, -0.2) is 53.5 Å². The molecule has 0 saturated carbocycles. The number of benzene rings is 1. The Bertz CT molecular complexity index is 641. The fourth-order valence-corrected chi connectivity index (χ4v) is 2.94. The molecule has 1 aliphatic rings. The van der Waals surface area contributed by atoms with Crippen LogP contribution in [0, 0.1) is 5.41 Å². The Hall–Kier alpha value is -2.21. The van der Waals surface area contributed by atoms with E-state index in [9.17, 15) is 19.5 Å². The van der Waals surface area contributed by atoms with E-state index in [1.165, 1.54) is 24.3 Å². The zero-order valence-electron chi connectivity index (χ0n) is 15.4. The molecule has 1 amide bonds. The molecular formula is C20H27NO5. The fraction of sp³-hybridized carbons (Fsp3) is 0.550. The van der Waals surface area contributed by atoms with Crippen molar-refractivity contribution in [2.75, 3.05) is 19.8 Å². The van der Waals surface area contributed by atoms with Gasteiger partial charge in [-0.05, 0) is 31.2 Å². The van der Waals surface area contributed by atoms with Crippen LogP contribution in [0.1, 0.15) is 38.7 Å². The van der Waals surface area contributed by atoms with Crippen LogP contribution in [0.15, 0.2) is 30.3 Å². The van der Waals surface area contributed by atoms with Crippen molar-refractivity contribution in [3.8, 4) is 0 Å². The van der Waals surface area contributed by atoms with Crippen molar-refractivity contribution in [2.45, 2.75) is 45.6 Å². The number of ether oxygens (including phenoxy) is 1. The third kappa shape index (κ3) is 4.91. The van der Waals surface area contributed by atoms with E-state index in [-0.39, 0.29) is 6.61 Å². The van der Waals surface area contributed by atoms with Gasteiger partial charge in [0.05, 0.1) is 18.6 Å². The zero-order chi connectivity index (χ0) is 19.2. The average Bonchev–Trinajstić information content (AvgIpc) is 3.14. The van der Waals surface area contributed by atoms with E-state index < -0.39 is 35.7 Å². The van der Waals surface area contributed by atoms with Gasteiger partial charge in [-0.2, -0.15) is 0 Å². The summed E-state index contributed by atoms with van der Waals surface area (Å²) in [5, 5.41) is 9.29. The number of hydrogen-bond donors (Lipinski definition) is 1. The molecule has 1 N–H and O–H groups in total. The number of likely N-dealkylation sites (tertiary alicyclic amines) is 1. The van der Waals surface area contributed by atoms with E-state index in [1.807, 2.05) is 30.3 Å². The second-order valence-corrected chi connectivity index (χ2v) is 7.28. The maximum atomic E-state index is 12.4. The van der Waals surface area contributed by atoms with Gasteiger partial charge in [0.1, 0.15) is 6.04 Å². The topological polar surface area (TPSA) is 83.9 Å². The molecule has 0 aromatic heterocycles. The number of aliphatic hydroxyl groups excluding tert-OH is 1. The summed E-state index contributed by atoms with van der Waals surface area (Å²) in [6.45, 7) is 3.25. The number of Topliss-reactive ketones (excluding diaryl/α,β-unsaturated/α-hetero) is 1. The maximum Gasteiger partial charge on any atom is 0.328 e. The highest BCUT2D eigenvalue weighted by Gasteiger charge is 2.42. The highest BCUT2D eigenvalue weighted by molar-refractivity contribution is 6.38. The molecule has 26 heavy (non-hydrogen) atoms.